The van der Waals surface area contributed by atoms with Gasteiger partial charge in [0.15, 0.2) is 0 Å². The van der Waals surface area contributed by atoms with Crippen molar-refractivity contribution in [1.82, 2.24) is 0 Å². The first kappa shape index (κ1) is 13.1. The number of carbonyl (C=O) groups excluding carboxylic acids is 1. The van der Waals surface area contributed by atoms with Gasteiger partial charge in [-0.05, 0) is 35.9 Å². The zero-order valence-corrected chi connectivity index (χ0v) is 11.8. The van der Waals surface area contributed by atoms with Gasteiger partial charge < -0.3 is 15.2 Å². The molecule has 3 nitrogen and oxygen atoms in total. The normalized spacial score (nSPS) is 12.9. The van der Waals surface area contributed by atoms with Crippen LogP contribution in [0.5, 0.6) is 0 Å². The van der Waals surface area contributed by atoms with Crippen LogP contribution in [0.3, 0.4) is 0 Å². The molecule has 0 fully saturated rings. The summed E-state index contributed by atoms with van der Waals surface area (Å²) in [6.45, 7) is 3.98. The first-order chi connectivity index (χ1) is 9.54. The lowest BCUT2D eigenvalue weighted by atomic mass is 10.1. The second-order valence-electron chi connectivity index (χ2n) is 4.34. The first-order valence-electron chi connectivity index (χ1n) is 5.84. The number of rotatable bonds is 1. The monoisotopic (exact) mass is 302 g/mol. The largest absolute Gasteiger partial charge is 0.545 e. The molecule has 5 heteroatoms. The number of hydrogen-bond acceptors (Lipinski definition) is 4. The third kappa shape index (κ3) is 2.28. The van der Waals surface area contributed by atoms with E-state index in [1.807, 2.05) is 18.2 Å². The number of benzene rings is 2. The Morgan fingerprint density at radius 1 is 1.20 bits per heavy atom. The molecule has 1 aliphatic heterocycles. The van der Waals surface area contributed by atoms with Gasteiger partial charge in [-0.3, -0.25) is 0 Å². The van der Waals surface area contributed by atoms with E-state index in [2.05, 4.69) is 11.9 Å². The van der Waals surface area contributed by atoms with Crippen LogP contribution in [0.25, 0.3) is 5.70 Å². The predicted molar refractivity (Wildman–Crippen MR) is 79.0 cm³/mol. The minimum absolute atomic E-state index is 0.133. The summed E-state index contributed by atoms with van der Waals surface area (Å²) >= 11 is 7.55. The van der Waals surface area contributed by atoms with Crippen molar-refractivity contribution in [3.05, 3.63) is 59.1 Å². The molecule has 20 heavy (non-hydrogen) atoms. The number of nitrogens with one attached hydrogen (secondary N) is 1. The van der Waals surface area contributed by atoms with Crippen LogP contribution in [0.15, 0.2) is 52.8 Å². The summed E-state index contributed by atoms with van der Waals surface area (Å²) in [4.78, 5) is 12.9. The van der Waals surface area contributed by atoms with E-state index in [1.54, 1.807) is 23.9 Å². The van der Waals surface area contributed by atoms with E-state index in [9.17, 15) is 9.90 Å². The summed E-state index contributed by atoms with van der Waals surface area (Å²) in [6.07, 6.45) is 0. The maximum absolute atomic E-state index is 10.9. The van der Waals surface area contributed by atoms with Gasteiger partial charge in [0.05, 0.1) is 11.7 Å². The third-order valence-corrected chi connectivity index (χ3v) is 4.37. The van der Waals surface area contributed by atoms with Gasteiger partial charge >= 0.3 is 0 Å². The van der Waals surface area contributed by atoms with Gasteiger partial charge in [-0.15, -0.1) is 0 Å². The topological polar surface area (TPSA) is 52.2 Å². The average molecular weight is 303 g/mol. The van der Waals surface area contributed by atoms with Crippen LogP contribution in [0.4, 0.5) is 5.69 Å². The molecule has 0 spiro atoms. The van der Waals surface area contributed by atoms with Crippen LogP contribution >= 0.6 is 23.4 Å². The summed E-state index contributed by atoms with van der Waals surface area (Å²) < 4.78 is 0. The van der Waals surface area contributed by atoms with Gasteiger partial charge in [0, 0.05) is 26.1 Å². The summed E-state index contributed by atoms with van der Waals surface area (Å²) in [5.41, 5.74) is 2.43. The molecule has 2 aromatic rings. The maximum atomic E-state index is 10.9. The van der Waals surface area contributed by atoms with E-state index in [1.165, 1.54) is 6.07 Å². The highest BCUT2D eigenvalue weighted by molar-refractivity contribution is 7.99. The summed E-state index contributed by atoms with van der Waals surface area (Å²) in [7, 11) is 0. The van der Waals surface area contributed by atoms with E-state index >= 15 is 0 Å². The molecule has 2 aromatic carbocycles. The third-order valence-electron chi connectivity index (χ3n) is 2.99. The van der Waals surface area contributed by atoms with Gasteiger partial charge in [0.25, 0.3) is 0 Å². The van der Waals surface area contributed by atoms with E-state index in [0.29, 0.717) is 16.4 Å². The van der Waals surface area contributed by atoms with Crippen LogP contribution < -0.4 is 10.4 Å². The summed E-state index contributed by atoms with van der Waals surface area (Å²) in [5, 5.41) is 14.7. The molecule has 3 rings (SSSR count). The Labute approximate surface area is 125 Å². The number of hydrogen-bond donors (Lipinski definition) is 1. The molecule has 0 radical (unpaired) electrons. The van der Waals surface area contributed by atoms with Gasteiger partial charge in [-0.1, -0.05) is 36.0 Å². The van der Waals surface area contributed by atoms with E-state index < -0.39 is 5.97 Å². The number of carboxylic acids is 1. The Morgan fingerprint density at radius 3 is 2.70 bits per heavy atom. The molecule has 0 unspecified atom stereocenters. The number of carboxylic acid groups (broad SMARTS) is 1. The van der Waals surface area contributed by atoms with Gasteiger partial charge in [0.2, 0.25) is 0 Å². The lowest BCUT2D eigenvalue weighted by Crippen LogP contribution is -2.22. The van der Waals surface area contributed by atoms with E-state index in [4.69, 9.17) is 11.6 Å². The second kappa shape index (κ2) is 4.89. The molecule has 0 aliphatic carbocycles. The Kier molecular flexibility index (Phi) is 3.20. The predicted octanol–water partition coefficient (Wildman–Crippen LogP) is 3.25. The van der Waals surface area contributed by atoms with Crippen molar-refractivity contribution in [3.63, 3.8) is 0 Å². The maximum Gasteiger partial charge on any atom is 0.0716 e. The second-order valence-corrected chi connectivity index (χ2v) is 5.86. The fourth-order valence-corrected chi connectivity index (χ4v) is 3.21. The van der Waals surface area contributed by atoms with Crippen LogP contribution in [-0.2, 0) is 0 Å². The average Bonchev–Trinajstić information content (AvgIpc) is 2.54. The van der Waals surface area contributed by atoms with Crippen molar-refractivity contribution in [2.24, 2.45) is 0 Å². The molecule has 0 saturated carbocycles. The van der Waals surface area contributed by atoms with Crippen molar-refractivity contribution >= 4 is 40.7 Å². The zero-order valence-electron chi connectivity index (χ0n) is 10.3. The van der Waals surface area contributed by atoms with Crippen LogP contribution in [0.1, 0.15) is 15.9 Å². The molecule has 0 aromatic heterocycles. The van der Waals surface area contributed by atoms with Gasteiger partial charge in [-0.25, -0.2) is 0 Å². The molecule has 0 saturated heterocycles. The highest BCUT2D eigenvalue weighted by atomic mass is 35.5. The van der Waals surface area contributed by atoms with Crippen LogP contribution in [0, 0.1) is 0 Å². The lowest BCUT2D eigenvalue weighted by molar-refractivity contribution is -0.255. The van der Waals surface area contributed by atoms with Crippen LogP contribution in [0.2, 0.25) is 5.02 Å². The highest BCUT2D eigenvalue weighted by Gasteiger charge is 2.17. The highest BCUT2D eigenvalue weighted by Crippen LogP contribution is 2.42. The Hall–Kier alpha value is -1.91. The van der Waals surface area contributed by atoms with Crippen molar-refractivity contribution in [3.8, 4) is 0 Å². The summed E-state index contributed by atoms with van der Waals surface area (Å²) in [6, 6.07) is 10.4. The molecular weight excluding hydrogens is 294 g/mol. The van der Waals surface area contributed by atoms with Crippen molar-refractivity contribution in [1.29, 1.82) is 0 Å². The molecule has 0 atom stereocenters. The lowest BCUT2D eigenvalue weighted by Gasteiger charge is -2.11. The Balaban J connectivity index is 2.11. The molecule has 0 bridgehead atoms. The quantitative estimate of drug-likeness (QED) is 0.878. The van der Waals surface area contributed by atoms with Crippen molar-refractivity contribution in [2.45, 2.75) is 9.79 Å². The first-order valence-corrected chi connectivity index (χ1v) is 7.03. The van der Waals surface area contributed by atoms with E-state index in [-0.39, 0.29) is 5.56 Å². The molecular formula is C15H9ClNO2S-. The zero-order chi connectivity index (χ0) is 14.3. The molecule has 1 heterocycles. The number of aromatic carboxylic acids is 1. The standard InChI is InChI=1S/C15H10ClNO2S/c1-8-11-7-10(16)3-5-13(11)20-14-4-2-9(15(18)19)6-12(14)17-8/h2-7,17H,1H2,(H,18,19)/p-1. The summed E-state index contributed by atoms with van der Waals surface area (Å²) in [5.74, 6) is -1.20. The SMILES string of the molecule is C=C1Nc2cc(C(=O)[O-])ccc2Sc2ccc(Cl)cc21. The van der Waals surface area contributed by atoms with E-state index in [0.717, 1.165) is 15.4 Å². The van der Waals surface area contributed by atoms with Gasteiger partial charge in [-0.2, -0.15) is 0 Å². The number of anilines is 1. The fraction of sp³-hybridized carbons (Fsp3) is 0. The molecule has 100 valence electrons. The smallest absolute Gasteiger partial charge is 0.0716 e. The minimum Gasteiger partial charge on any atom is -0.545 e. The van der Waals surface area contributed by atoms with Crippen LogP contribution in [-0.4, -0.2) is 5.97 Å². The van der Waals surface area contributed by atoms with Crippen molar-refractivity contribution in [2.75, 3.05) is 5.32 Å². The molecule has 1 aliphatic rings. The number of halogens is 1. The Morgan fingerprint density at radius 2 is 1.95 bits per heavy atom. The number of carbonyl (C=O) groups is 1. The molecule has 1 N–H and O–H groups in total. The molecule has 0 amide bonds. The van der Waals surface area contributed by atoms with Crippen molar-refractivity contribution < 1.29 is 9.90 Å². The Bertz CT molecular complexity index is 743. The fourth-order valence-electron chi connectivity index (χ4n) is 2.02. The number of fused-ring (bicyclic) bond motifs is 2. The minimum atomic E-state index is -1.20. The van der Waals surface area contributed by atoms with Gasteiger partial charge in [0.1, 0.15) is 0 Å².